The first kappa shape index (κ1) is 14.9. The summed E-state index contributed by atoms with van der Waals surface area (Å²) in [4.78, 5) is 14.2. The van der Waals surface area contributed by atoms with E-state index in [9.17, 15) is 4.79 Å². The third-order valence-corrected chi connectivity index (χ3v) is 4.21. The third kappa shape index (κ3) is 3.25. The lowest BCUT2D eigenvalue weighted by molar-refractivity contribution is 0.195. The number of hydrogen-bond acceptors (Lipinski definition) is 2. The molecular weight excluding hydrogens is 300 g/mol. The third-order valence-electron chi connectivity index (χ3n) is 3.97. The maximum atomic E-state index is 12.4. The van der Waals surface area contributed by atoms with Crippen molar-refractivity contribution in [3.8, 4) is 0 Å². The summed E-state index contributed by atoms with van der Waals surface area (Å²) in [6, 6.07) is 7.48. The molecule has 0 radical (unpaired) electrons. The fraction of sp³-hybridized carbons (Fsp3) is 0.375. The lowest BCUT2D eigenvalue weighted by Crippen LogP contribution is -2.39. The minimum absolute atomic E-state index is 0.0447. The molecule has 2 heterocycles. The topological polar surface area (TPSA) is 50.2 Å². The summed E-state index contributed by atoms with van der Waals surface area (Å²) < 4.78 is 1.91. The zero-order valence-electron chi connectivity index (χ0n) is 12.6. The minimum atomic E-state index is -0.0447. The van der Waals surface area contributed by atoms with Gasteiger partial charge in [0.05, 0.1) is 12.7 Å². The van der Waals surface area contributed by atoms with E-state index in [-0.39, 0.29) is 6.03 Å². The molecule has 1 aromatic heterocycles. The van der Waals surface area contributed by atoms with Crippen molar-refractivity contribution in [2.24, 2.45) is 7.05 Å². The summed E-state index contributed by atoms with van der Waals surface area (Å²) in [6.45, 7) is 1.86. The number of benzene rings is 1. The maximum absolute atomic E-state index is 12.4. The predicted octanol–water partition coefficient (Wildman–Crippen LogP) is 2.73. The Bertz CT molecular complexity index is 683. The van der Waals surface area contributed by atoms with E-state index in [0.717, 1.165) is 30.5 Å². The second kappa shape index (κ2) is 6.40. The molecule has 0 spiro atoms. The SMILES string of the molecule is Cn1ncc2c1CCCN(C(=O)NCc1cccc(Cl)c1)C2. The molecule has 1 N–H and O–H groups in total. The summed E-state index contributed by atoms with van der Waals surface area (Å²) in [5, 5.41) is 7.92. The van der Waals surface area contributed by atoms with Gasteiger partial charge in [0.15, 0.2) is 0 Å². The fourth-order valence-corrected chi connectivity index (χ4v) is 3.01. The summed E-state index contributed by atoms with van der Waals surface area (Å²) in [7, 11) is 1.95. The molecule has 0 bridgehead atoms. The highest BCUT2D eigenvalue weighted by Gasteiger charge is 2.20. The standard InChI is InChI=1S/C16H19ClN4O/c1-20-15-6-3-7-21(11-13(15)10-19-20)16(22)18-9-12-4-2-5-14(17)8-12/h2,4-5,8,10H,3,6-7,9,11H2,1H3,(H,18,22). The van der Waals surface area contributed by atoms with Crippen molar-refractivity contribution in [3.05, 3.63) is 52.3 Å². The quantitative estimate of drug-likeness (QED) is 0.925. The van der Waals surface area contributed by atoms with Crippen LogP contribution in [0.4, 0.5) is 4.79 Å². The van der Waals surface area contributed by atoms with E-state index in [1.54, 1.807) is 0 Å². The van der Waals surface area contributed by atoms with Gasteiger partial charge in [0.2, 0.25) is 0 Å². The molecule has 0 saturated heterocycles. The summed E-state index contributed by atoms with van der Waals surface area (Å²) >= 11 is 5.96. The molecule has 3 rings (SSSR count). The second-order valence-electron chi connectivity index (χ2n) is 5.55. The van der Waals surface area contributed by atoms with E-state index in [4.69, 9.17) is 11.6 Å². The predicted molar refractivity (Wildman–Crippen MR) is 85.6 cm³/mol. The van der Waals surface area contributed by atoms with E-state index < -0.39 is 0 Å². The molecule has 0 saturated carbocycles. The van der Waals surface area contributed by atoms with Crippen LogP contribution in [-0.4, -0.2) is 27.3 Å². The van der Waals surface area contributed by atoms with Crippen molar-refractivity contribution in [1.82, 2.24) is 20.0 Å². The van der Waals surface area contributed by atoms with Crippen molar-refractivity contribution in [3.63, 3.8) is 0 Å². The highest BCUT2D eigenvalue weighted by atomic mass is 35.5. The lowest BCUT2D eigenvalue weighted by Gasteiger charge is -2.21. The van der Waals surface area contributed by atoms with E-state index in [1.165, 1.54) is 5.69 Å². The number of amides is 2. The molecule has 1 aliphatic rings. The van der Waals surface area contributed by atoms with Gasteiger partial charge in [-0.1, -0.05) is 23.7 Å². The highest BCUT2D eigenvalue weighted by Crippen LogP contribution is 2.18. The number of aromatic nitrogens is 2. The van der Waals surface area contributed by atoms with Gasteiger partial charge < -0.3 is 10.2 Å². The van der Waals surface area contributed by atoms with Crippen LogP contribution in [0, 0.1) is 0 Å². The number of nitrogens with zero attached hydrogens (tertiary/aromatic N) is 3. The van der Waals surface area contributed by atoms with Crippen molar-refractivity contribution in [2.45, 2.75) is 25.9 Å². The molecule has 0 atom stereocenters. The van der Waals surface area contributed by atoms with Crippen molar-refractivity contribution >= 4 is 17.6 Å². The van der Waals surface area contributed by atoms with Crippen molar-refractivity contribution in [1.29, 1.82) is 0 Å². The maximum Gasteiger partial charge on any atom is 0.317 e. The molecule has 1 aliphatic heterocycles. The lowest BCUT2D eigenvalue weighted by atomic mass is 10.2. The van der Waals surface area contributed by atoms with E-state index >= 15 is 0 Å². The van der Waals surface area contributed by atoms with Gasteiger partial charge in [0.1, 0.15) is 0 Å². The van der Waals surface area contributed by atoms with Crippen LogP contribution in [0.1, 0.15) is 23.2 Å². The molecule has 1 aromatic carbocycles. The molecule has 5 nitrogen and oxygen atoms in total. The number of rotatable bonds is 2. The van der Waals surface area contributed by atoms with Gasteiger partial charge in [-0.2, -0.15) is 5.10 Å². The Labute approximate surface area is 134 Å². The van der Waals surface area contributed by atoms with Crippen LogP contribution in [-0.2, 0) is 26.6 Å². The Morgan fingerprint density at radius 1 is 1.45 bits per heavy atom. The van der Waals surface area contributed by atoms with Crippen LogP contribution >= 0.6 is 11.6 Å². The average molecular weight is 319 g/mol. The Hall–Kier alpha value is -2.01. The van der Waals surface area contributed by atoms with Crippen molar-refractivity contribution < 1.29 is 4.79 Å². The van der Waals surface area contributed by atoms with E-state index in [0.29, 0.717) is 18.1 Å². The number of hydrogen-bond donors (Lipinski definition) is 1. The molecular formula is C16H19ClN4O. The molecule has 0 fully saturated rings. The first-order valence-corrected chi connectivity index (χ1v) is 7.78. The van der Waals surface area contributed by atoms with Gasteiger partial charge in [-0.25, -0.2) is 4.79 Å². The number of urea groups is 1. The fourth-order valence-electron chi connectivity index (χ4n) is 2.79. The molecule has 6 heteroatoms. The molecule has 2 amide bonds. The Morgan fingerprint density at radius 2 is 2.32 bits per heavy atom. The van der Waals surface area contributed by atoms with Crippen molar-refractivity contribution in [2.75, 3.05) is 6.54 Å². The monoisotopic (exact) mass is 318 g/mol. The van der Waals surface area contributed by atoms with Crippen LogP contribution in [0.3, 0.4) is 0 Å². The number of carbonyl (C=O) groups excluding carboxylic acids is 1. The Morgan fingerprint density at radius 3 is 3.14 bits per heavy atom. The first-order chi connectivity index (χ1) is 10.6. The van der Waals surface area contributed by atoms with Crippen LogP contribution < -0.4 is 5.32 Å². The molecule has 22 heavy (non-hydrogen) atoms. The molecule has 116 valence electrons. The average Bonchev–Trinajstić information content (AvgIpc) is 2.73. The van der Waals surface area contributed by atoms with Crippen LogP contribution in [0.5, 0.6) is 0 Å². The van der Waals surface area contributed by atoms with Gasteiger partial charge in [0.25, 0.3) is 0 Å². The number of halogens is 1. The van der Waals surface area contributed by atoms with Gasteiger partial charge in [-0.15, -0.1) is 0 Å². The molecule has 2 aromatic rings. The zero-order valence-corrected chi connectivity index (χ0v) is 13.3. The smallest absolute Gasteiger partial charge is 0.317 e. The van der Waals surface area contributed by atoms with Gasteiger partial charge in [-0.3, -0.25) is 4.68 Å². The molecule has 0 unspecified atom stereocenters. The zero-order chi connectivity index (χ0) is 15.5. The number of carbonyl (C=O) groups is 1. The van der Waals surface area contributed by atoms with Gasteiger partial charge >= 0.3 is 6.03 Å². The van der Waals surface area contributed by atoms with Gasteiger partial charge in [-0.05, 0) is 30.5 Å². The summed E-state index contributed by atoms with van der Waals surface area (Å²) in [6.07, 6.45) is 3.78. The van der Waals surface area contributed by atoms with Crippen LogP contribution in [0.15, 0.2) is 30.5 Å². The number of aryl methyl sites for hydroxylation is 1. The van der Waals surface area contributed by atoms with E-state index in [1.807, 2.05) is 47.1 Å². The van der Waals surface area contributed by atoms with Gasteiger partial charge in [0, 0.05) is 36.4 Å². The minimum Gasteiger partial charge on any atom is -0.334 e. The number of fused-ring (bicyclic) bond motifs is 1. The second-order valence-corrected chi connectivity index (χ2v) is 5.99. The summed E-state index contributed by atoms with van der Waals surface area (Å²) in [5.41, 5.74) is 3.36. The van der Waals surface area contributed by atoms with Crippen LogP contribution in [0.2, 0.25) is 5.02 Å². The number of nitrogens with one attached hydrogen (secondary N) is 1. The Kier molecular flexibility index (Phi) is 4.34. The summed E-state index contributed by atoms with van der Waals surface area (Å²) in [5.74, 6) is 0. The highest BCUT2D eigenvalue weighted by molar-refractivity contribution is 6.30. The van der Waals surface area contributed by atoms with Crippen LogP contribution in [0.25, 0.3) is 0 Å². The largest absolute Gasteiger partial charge is 0.334 e. The Balaban J connectivity index is 1.63. The van der Waals surface area contributed by atoms with E-state index in [2.05, 4.69) is 10.4 Å². The first-order valence-electron chi connectivity index (χ1n) is 7.40. The molecule has 0 aliphatic carbocycles. The normalized spacial score (nSPS) is 14.4.